The van der Waals surface area contributed by atoms with E-state index < -0.39 is 0 Å². The Bertz CT molecular complexity index is 339. The zero-order valence-corrected chi connectivity index (χ0v) is 12.4. The minimum absolute atomic E-state index is 0.741. The highest BCUT2D eigenvalue weighted by atomic mass is 16.5. The molecule has 0 spiro atoms. The highest BCUT2D eigenvalue weighted by Crippen LogP contribution is 2.14. The van der Waals surface area contributed by atoms with E-state index in [1.165, 1.54) is 12.0 Å². The maximum Gasteiger partial charge on any atom is 0.119 e. The second kappa shape index (κ2) is 9.82. The van der Waals surface area contributed by atoms with Crippen LogP contribution in [0.5, 0.6) is 5.75 Å². The van der Waals surface area contributed by atoms with Gasteiger partial charge in [-0.05, 0) is 36.5 Å². The zero-order valence-electron chi connectivity index (χ0n) is 12.4. The highest BCUT2D eigenvalue weighted by Gasteiger charge is 1.98. The first-order valence-electron chi connectivity index (χ1n) is 7.13. The summed E-state index contributed by atoms with van der Waals surface area (Å²) in [6, 6.07) is 8.29. The molecule has 1 aromatic carbocycles. The van der Waals surface area contributed by atoms with E-state index in [0.29, 0.717) is 0 Å². The Balaban J connectivity index is 2.27. The van der Waals surface area contributed by atoms with Gasteiger partial charge in [0.05, 0.1) is 13.2 Å². The van der Waals surface area contributed by atoms with Gasteiger partial charge in [0.15, 0.2) is 0 Å². The van der Waals surface area contributed by atoms with Crippen molar-refractivity contribution in [1.82, 2.24) is 5.32 Å². The Hall–Kier alpha value is -1.06. The molecule has 108 valence electrons. The quantitative estimate of drug-likeness (QED) is 0.659. The minimum Gasteiger partial charge on any atom is -0.494 e. The van der Waals surface area contributed by atoms with Gasteiger partial charge in [-0.3, -0.25) is 0 Å². The summed E-state index contributed by atoms with van der Waals surface area (Å²) in [5.41, 5.74) is 1.25. The molecular weight excluding hydrogens is 238 g/mol. The molecule has 1 N–H and O–H groups in total. The maximum absolute atomic E-state index is 5.77. The maximum atomic E-state index is 5.77. The molecule has 0 heterocycles. The number of benzene rings is 1. The summed E-state index contributed by atoms with van der Waals surface area (Å²) in [5, 5.41) is 3.33. The van der Waals surface area contributed by atoms with Crippen molar-refractivity contribution in [3.63, 3.8) is 0 Å². The van der Waals surface area contributed by atoms with Crippen molar-refractivity contribution in [1.29, 1.82) is 0 Å². The number of methoxy groups -OCH3 is 1. The third-order valence-corrected chi connectivity index (χ3v) is 2.91. The molecule has 3 nitrogen and oxygen atoms in total. The Labute approximate surface area is 117 Å². The molecule has 0 aliphatic carbocycles. The van der Waals surface area contributed by atoms with Gasteiger partial charge in [0.1, 0.15) is 5.75 Å². The van der Waals surface area contributed by atoms with Gasteiger partial charge in [-0.2, -0.15) is 0 Å². The van der Waals surface area contributed by atoms with Gasteiger partial charge < -0.3 is 14.8 Å². The predicted octanol–water partition coefficient (Wildman–Crippen LogP) is 3.24. The summed E-state index contributed by atoms with van der Waals surface area (Å²) in [7, 11) is 1.72. The first-order chi connectivity index (χ1) is 9.22. The lowest BCUT2D eigenvalue weighted by atomic mass is 10.1. The van der Waals surface area contributed by atoms with Crippen molar-refractivity contribution < 1.29 is 9.47 Å². The van der Waals surface area contributed by atoms with Gasteiger partial charge >= 0.3 is 0 Å². The Kier molecular flexibility index (Phi) is 8.26. The van der Waals surface area contributed by atoms with Crippen molar-refractivity contribution in [3.8, 4) is 5.75 Å². The molecule has 0 amide bonds. The first kappa shape index (κ1) is 16.0. The monoisotopic (exact) mass is 265 g/mol. The standard InChI is InChI=1S/C16H27NO2/c1-14(2)6-5-10-19-16-8-4-7-15(12-16)13-17-9-11-18-3/h4,7-8,12,14,17H,5-6,9-11,13H2,1-3H3. The second-order valence-electron chi connectivity index (χ2n) is 5.20. The van der Waals surface area contributed by atoms with Crippen LogP contribution in [0.1, 0.15) is 32.3 Å². The highest BCUT2D eigenvalue weighted by molar-refractivity contribution is 5.28. The molecule has 0 aliphatic heterocycles. The smallest absolute Gasteiger partial charge is 0.119 e. The van der Waals surface area contributed by atoms with Gasteiger partial charge in [0, 0.05) is 20.2 Å². The van der Waals surface area contributed by atoms with E-state index in [1.54, 1.807) is 7.11 Å². The van der Waals surface area contributed by atoms with E-state index in [9.17, 15) is 0 Å². The molecule has 3 heteroatoms. The van der Waals surface area contributed by atoms with Gasteiger partial charge in [0.25, 0.3) is 0 Å². The Morgan fingerprint density at radius 2 is 2.05 bits per heavy atom. The van der Waals surface area contributed by atoms with Crippen molar-refractivity contribution in [2.45, 2.75) is 33.2 Å². The van der Waals surface area contributed by atoms with E-state index in [0.717, 1.165) is 44.4 Å². The average molecular weight is 265 g/mol. The third kappa shape index (κ3) is 7.85. The molecule has 0 saturated heterocycles. The van der Waals surface area contributed by atoms with Gasteiger partial charge in [-0.25, -0.2) is 0 Å². The zero-order chi connectivity index (χ0) is 13.9. The summed E-state index contributed by atoms with van der Waals surface area (Å²) in [6.07, 6.45) is 2.34. The average Bonchev–Trinajstić information content (AvgIpc) is 2.40. The molecule has 19 heavy (non-hydrogen) atoms. The first-order valence-corrected chi connectivity index (χ1v) is 7.13. The normalized spacial score (nSPS) is 10.9. The number of ether oxygens (including phenoxy) is 2. The number of nitrogens with one attached hydrogen (secondary N) is 1. The molecule has 1 rings (SSSR count). The molecule has 0 aliphatic rings. The largest absolute Gasteiger partial charge is 0.494 e. The summed E-state index contributed by atoms with van der Waals surface area (Å²) < 4.78 is 10.8. The van der Waals surface area contributed by atoms with E-state index in [-0.39, 0.29) is 0 Å². The fraction of sp³-hybridized carbons (Fsp3) is 0.625. The summed E-state index contributed by atoms with van der Waals surface area (Å²) in [5.74, 6) is 1.72. The van der Waals surface area contributed by atoms with Crippen LogP contribution in [0.2, 0.25) is 0 Å². The molecule has 0 radical (unpaired) electrons. The van der Waals surface area contributed by atoms with Crippen LogP contribution in [-0.4, -0.2) is 26.9 Å². The summed E-state index contributed by atoms with van der Waals surface area (Å²) in [4.78, 5) is 0. The molecule has 0 saturated carbocycles. The van der Waals surface area contributed by atoms with Crippen LogP contribution in [0.4, 0.5) is 0 Å². The van der Waals surface area contributed by atoms with Crippen LogP contribution >= 0.6 is 0 Å². The number of hydrogen-bond donors (Lipinski definition) is 1. The van der Waals surface area contributed by atoms with Crippen molar-refractivity contribution in [3.05, 3.63) is 29.8 Å². The van der Waals surface area contributed by atoms with E-state index >= 15 is 0 Å². The molecular formula is C16H27NO2. The van der Waals surface area contributed by atoms with Gasteiger partial charge in [-0.1, -0.05) is 26.0 Å². The predicted molar refractivity (Wildman–Crippen MR) is 79.6 cm³/mol. The lowest BCUT2D eigenvalue weighted by molar-refractivity contribution is 0.199. The van der Waals surface area contributed by atoms with Gasteiger partial charge in [-0.15, -0.1) is 0 Å². The molecule has 0 unspecified atom stereocenters. The SMILES string of the molecule is COCCNCc1cccc(OCCCC(C)C)c1. The fourth-order valence-electron chi connectivity index (χ4n) is 1.83. The molecule has 0 atom stereocenters. The lowest BCUT2D eigenvalue weighted by Gasteiger charge is -2.09. The van der Waals surface area contributed by atoms with Crippen LogP contribution in [0, 0.1) is 5.92 Å². The van der Waals surface area contributed by atoms with Crippen molar-refractivity contribution in [2.24, 2.45) is 5.92 Å². The van der Waals surface area contributed by atoms with E-state index in [2.05, 4.69) is 31.3 Å². The topological polar surface area (TPSA) is 30.5 Å². The van der Waals surface area contributed by atoms with Crippen LogP contribution in [-0.2, 0) is 11.3 Å². The van der Waals surface area contributed by atoms with Crippen molar-refractivity contribution >= 4 is 0 Å². The van der Waals surface area contributed by atoms with Crippen LogP contribution in [0.25, 0.3) is 0 Å². The second-order valence-corrected chi connectivity index (χ2v) is 5.20. The van der Waals surface area contributed by atoms with Crippen LogP contribution in [0.15, 0.2) is 24.3 Å². The molecule has 0 bridgehead atoms. The fourth-order valence-corrected chi connectivity index (χ4v) is 1.83. The summed E-state index contributed by atoms with van der Waals surface area (Å²) >= 11 is 0. The lowest BCUT2D eigenvalue weighted by Crippen LogP contribution is -2.18. The molecule has 0 fully saturated rings. The van der Waals surface area contributed by atoms with Gasteiger partial charge in [0.2, 0.25) is 0 Å². The van der Waals surface area contributed by atoms with Crippen LogP contribution in [0.3, 0.4) is 0 Å². The number of hydrogen-bond acceptors (Lipinski definition) is 3. The van der Waals surface area contributed by atoms with E-state index in [4.69, 9.17) is 9.47 Å². The third-order valence-electron chi connectivity index (χ3n) is 2.91. The van der Waals surface area contributed by atoms with E-state index in [1.807, 2.05) is 12.1 Å². The summed E-state index contributed by atoms with van der Waals surface area (Å²) in [6.45, 7) is 7.76. The molecule has 1 aromatic rings. The van der Waals surface area contributed by atoms with Crippen molar-refractivity contribution in [2.75, 3.05) is 26.9 Å². The minimum atomic E-state index is 0.741. The Morgan fingerprint density at radius 1 is 1.21 bits per heavy atom. The molecule has 0 aromatic heterocycles. The van der Waals surface area contributed by atoms with Crippen LogP contribution < -0.4 is 10.1 Å². The number of rotatable bonds is 10. The Morgan fingerprint density at radius 3 is 2.79 bits per heavy atom.